The lowest BCUT2D eigenvalue weighted by molar-refractivity contribution is -0.116. The fraction of sp³-hybridized carbons (Fsp3) is 0.467. The molecule has 1 atom stereocenters. The van der Waals surface area contributed by atoms with Crippen LogP contribution in [-0.2, 0) is 4.79 Å². The van der Waals surface area contributed by atoms with Crippen molar-refractivity contribution in [2.75, 3.05) is 18.4 Å². The molecule has 0 aliphatic carbocycles. The summed E-state index contributed by atoms with van der Waals surface area (Å²) in [5.74, 6) is -1.02. The predicted octanol–water partition coefficient (Wildman–Crippen LogP) is 1.81. The molecule has 0 bridgehead atoms. The van der Waals surface area contributed by atoms with Crippen molar-refractivity contribution >= 4 is 17.6 Å². The number of hydrogen-bond acceptors (Lipinski definition) is 4. The van der Waals surface area contributed by atoms with Crippen LogP contribution in [0.3, 0.4) is 0 Å². The monoisotopic (exact) mass is 292 g/mol. The molecule has 1 unspecified atom stereocenters. The molecule has 6 nitrogen and oxygen atoms in total. The van der Waals surface area contributed by atoms with Crippen LogP contribution in [0.5, 0.6) is 5.75 Å². The highest BCUT2D eigenvalue weighted by molar-refractivity contribution is 6.00. The van der Waals surface area contributed by atoms with Gasteiger partial charge in [-0.15, -0.1) is 0 Å². The van der Waals surface area contributed by atoms with Crippen molar-refractivity contribution in [3.05, 3.63) is 23.8 Å². The number of anilines is 1. The molecule has 1 aromatic rings. The summed E-state index contributed by atoms with van der Waals surface area (Å²) in [6.45, 7) is 1.98. The molecule has 1 saturated heterocycles. The molecule has 0 aromatic heterocycles. The number of piperidine rings is 1. The quantitative estimate of drug-likeness (QED) is 0.620. The second kappa shape index (κ2) is 7.08. The molecular weight excluding hydrogens is 272 g/mol. The number of aromatic carboxylic acids is 1. The number of amides is 1. The molecule has 2 rings (SSSR count). The number of benzene rings is 1. The first-order valence-corrected chi connectivity index (χ1v) is 7.13. The second-order valence-electron chi connectivity index (χ2n) is 5.33. The number of hydrogen-bond donors (Lipinski definition) is 4. The van der Waals surface area contributed by atoms with Gasteiger partial charge >= 0.3 is 5.97 Å². The summed E-state index contributed by atoms with van der Waals surface area (Å²) >= 11 is 0. The summed E-state index contributed by atoms with van der Waals surface area (Å²) in [6, 6.07) is 3.88. The maximum absolute atomic E-state index is 11.9. The van der Waals surface area contributed by atoms with Crippen LogP contribution in [0.4, 0.5) is 5.69 Å². The van der Waals surface area contributed by atoms with E-state index < -0.39 is 5.97 Å². The van der Waals surface area contributed by atoms with E-state index in [1.807, 2.05) is 0 Å². The minimum atomic E-state index is -1.18. The third kappa shape index (κ3) is 4.46. The van der Waals surface area contributed by atoms with Crippen LogP contribution in [-0.4, -0.2) is 35.2 Å². The Kier molecular flexibility index (Phi) is 5.16. The highest BCUT2D eigenvalue weighted by Gasteiger charge is 2.16. The fourth-order valence-electron chi connectivity index (χ4n) is 2.54. The van der Waals surface area contributed by atoms with E-state index in [0.29, 0.717) is 12.3 Å². The minimum absolute atomic E-state index is 0.109. The SMILES string of the molecule is O=C(CCC1CCCNC1)Nc1ccc(O)cc1C(=O)O. The van der Waals surface area contributed by atoms with Gasteiger partial charge in [-0.25, -0.2) is 4.79 Å². The van der Waals surface area contributed by atoms with Gasteiger partial charge in [0.15, 0.2) is 0 Å². The Morgan fingerprint density at radius 2 is 2.19 bits per heavy atom. The molecule has 1 aliphatic rings. The smallest absolute Gasteiger partial charge is 0.337 e. The topological polar surface area (TPSA) is 98.7 Å². The average Bonchev–Trinajstić information content (AvgIpc) is 2.48. The summed E-state index contributed by atoms with van der Waals surface area (Å²) in [6.07, 6.45) is 3.42. The number of carboxylic acids is 1. The Morgan fingerprint density at radius 1 is 1.38 bits per heavy atom. The third-order valence-electron chi connectivity index (χ3n) is 3.69. The van der Waals surface area contributed by atoms with E-state index >= 15 is 0 Å². The van der Waals surface area contributed by atoms with Gasteiger partial charge in [-0.3, -0.25) is 4.79 Å². The van der Waals surface area contributed by atoms with Crippen LogP contribution in [0.15, 0.2) is 18.2 Å². The van der Waals surface area contributed by atoms with Crippen molar-refractivity contribution in [2.45, 2.75) is 25.7 Å². The maximum Gasteiger partial charge on any atom is 0.337 e. The van der Waals surface area contributed by atoms with Crippen molar-refractivity contribution in [1.29, 1.82) is 0 Å². The van der Waals surface area contributed by atoms with E-state index in [-0.39, 0.29) is 22.9 Å². The summed E-state index contributed by atoms with van der Waals surface area (Å²) in [5.41, 5.74) is 0.106. The molecule has 1 aromatic carbocycles. The lowest BCUT2D eigenvalue weighted by Gasteiger charge is -2.22. The predicted molar refractivity (Wildman–Crippen MR) is 78.5 cm³/mol. The fourth-order valence-corrected chi connectivity index (χ4v) is 2.54. The van der Waals surface area contributed by atoms with E-state index in [9.17, 15) is 14.7 Å². The number of rotatable bonds is 5. The molecule has 1 heterocycles. The summed E-state index contributed by atoms with van der Waals surface area (Å²) in [7, 11) is 0. The Hall–Kier alpha value is -2.08. The minimum Gasteiger partial charge on any atom is -0.508 e. The number of carbonyl (C=O) groups excluding carboxylic acids is 1. The van der Waals surface area contributed by atoms with Crippen molar-refractivity contribution in [3.63, 3.8) is 0 Å². The van der Waals surface area contributed by atoms with E-state index in [1.165, 1.54) is 12.1 Å². The van der Waals surface area contributed by atoms with Gasteiger partial charge in [-0.05, 0) is 56.5 Å². The average molecular weight is 292 g/mol. The number of phenols is 1. The van der Waals surface area contributed by atoms with E-state index in [0.717, 1.165) is 38.4 Å². The molecule has 1 amide bonds. The van der Waals surface area contributed by atoms with Crippen LogP contribution >= 0.6 is 0 Å². The second-order valence-corrected chi connectivity index (χ2v) is 5.33. The maximum atomic E-state index is 11.9. The summed E-state index contributed by atoms with van der Waals surface area (Å²) < 4.78 is 0. The van der Waals surface area contributed by atoms with Crippen LogP contribution in [0.2, 0.25) is 0 Å². The van der Waals surface area contributed by atoms with Crippen molar-refractivity contribution in [3.8, 4) is 5.75 Å². The van der Waals surface area contributed by atoms with Crippen LogP contribution < -0.4 is 10.6 Å². The zero-order chi connectivity index (χ0) is 15.2. The van der Waals surface area contributed by atoms with Crippen LogP contribution in [0, 0.1) is 5.92 Å². The van der Waals surface area contributed by atoms with Gasteiger partial charge in [0.05, 0.1) is 11.3 Å². The Bertz CT molecular complexity index is 524. The van der Waals surface area contributed by atoms with Gasteiger partial charge in [-0.2, -0.15) is 0 Å². The van der Waals surface area contributed by atoms with E-state index in [4.69, 9.17) is 5.11 Å². The first-order chi connectivity index (χ1) is 10.1. The number of carbonyl (C=O) groups is 2. The first-order valence-electron chi connectivity index (χ1n) is 7.13. The number of phenolic OH excluding ortho intramolecular Hbond substituents is 1. The highest BCUT2D eigenvalue weighted by Crippen LogP contribution is 2.22. The summed E-state index contributed by atoms with van der Waals surface area (Å²) in [4.78, 5) is 23.0. The molecule has 4 N–H and O–H groups in total. The zero-order valence-corrected chi connectivity index (χ0v) is 11.8. The molecule has 21 heavy (non-hydrogen) atoms. The number of nitrogens with one attached hydrogen (secondary N) is 2. The van der Waals surface area contributed by atoms with Gasteiger partial charge in [0, 0.05) is 6.42 Å². The van der Waals surface area contributed by atoms with Crippen molar-refractivity contribution < 1.29 is 19.8 Å². The van der Waals surface area contributed by atoms with Gasteiger partial charge in [-0.1, -0.05) is 0 Å². The summed E-state index contributed by atoms with van der Waals surface area (Å²) in [5, 5.41) is 24.3. The molecule has 1 aliphatic heterocycles. The van der Waals surface area contributed by atoms with Gasteiger partial charge in [0.2, 0.25) is 5.91 Å². The lowest BCUT2D eigenvalue weighted by Crippen LogP contribution is -2.30. The van der Waals surface area contributed by atoms with Crippen molar-refractivity contribution in [2.24, 2.45) is 5.92 Å². The van der Waals surface area contributed by atoms with Gasteiger partial charge in [0.1, 0.15) is 5.75 Å². The normalized spacial score (nSPS) is 18.2. The first kappa shape index (κ1) is 15.3. The van der Waals surface area contributed by atoms with Crippen LogP contribution in [0.1, 0.15) is 36.0 Å². The Balaban J connectivity index is 1.91. The van der Waals surface area contributed by atoms with Crippen LogP contribution in [0.25, 0.3) is 0 Å². The lowest BCUT2D eigenvalue weighted by atomic mass is 9.94. The molecule has 6 heteroatoms. The van der Waals surface area contributed by atoms with Gasteiger partial charge < -0.3 is 20.8 Å². The molecular formula is C15H20N2O4. The highest BCUT2D eigenvalue weighted by atomic mass is 16.4. The molecule has 0 spiro atoms. The zero-order valence-electron chi connectivity index (χ0n) is 11.8. The standard InChI is InChI=1S/C15H20N2O4/c18-11-4-5-13(12(8-11)15(20)21)17-14(19)6-3-10-2-1-7-16-9-10/h4-5,8,10,16,18H,1-3,6-7,9H2,(H,17,19)(H,20,21). The number of aromatic hydroxyl groups is 1. The number of carboxylic acid groups (broad SMARTS) is 1. The third-order valence-corrected chi connectivity index (χ3v) is 3.69. The molecule has 0 saturated carbocycles. The largest absolute Gasteiger partial charge is 0.508 e. The molecule has 0 radical (unpaired) electrons. The van der Waals surface area contributed by atoms with E-state index in [2.05, 4.69) is 10.6 Å². The Labute approximate surface area is 123 Å². The van der Waals surface area contributed by atoms with Gasteiger partial charge in [0.25, 0.3) is 0 Å². The Morgan fingerprint density at radius 3 is 2.86 bits per heavy atom. The molecule has 1 fully saturated rings. The van der Waals surface area contributed by atoms with Crippen molar-refractivity contribution in [1.82, 2.24) is 5.32 Å². The van der Waals surface area contributed by atoms with E-state index in [1.54, 1.807) is 0 Å². The molecule has 114 valence electrons.